The minimum absolute atomic E-state index is 0.0784. The van der Waals surface area contributed by atoms with E-state index in [1.54, 1.807) is 18.2 Å². The number of aliphatic hydroxyl groups excluding tert-OH is 1. The number of aliphatic hydroxyl groups is 1. The Labute approximate surface area is 183 Å². The number of rotatable bonds is 4. The lowest BCUT2D eigenvalue weighted by molar-refractivity contribution is -0.140. The van der Waals surface area contributed by atoms with Gasteiger partial charge in [-0.1, -0.05) is 30.3 Å². The van der Waals surface area contributed by atoms with E-state index in [1.807, 2.05) is 48.7 Å². The van der Waals surface area contributed by atoms with Crippen molar-refractivity contribution >= 4 is 28.8 Å². The summed E-state index contributed by atoms with van der Waals surface area (Å²) >= 11 is 1.52. The van der Waals surface area contributed by atoms with Gasteiger partial charge in [-0.15, -0.1) is 11.3 Å². The number of ether oxygens (including phenoxy) is 2. The fourth-order valence-corrected chi connectivity index (χ4v) is 4.73. The number of hydrogen-bond donors (Lipinski definition) is 1. The second-order valence-electron chi connectivity index (χ2n) is 7.43. The zero-order chi connectivity index (χ0) is 21.5. The summed E-state index contributed by atoms with van der Waals surface area (Å²) in [6.07, 6.45) is 0. The van der Waals surface area contributed by atoms with Crippen molar-refractivity contribution in [3.05, 3.63) is 87.1 Å². The maximum Gasteiger partial charge on any atom is 0.295 e. The summed E-state index contributed by atoms with van der Waals surface area (Å²) in [4.78, 5) is 28.7. The summed E-state index contributed by atoms with van der Waals surface area (Å²) in [5, 5.41) is 13.1. The van der Waals surface area contributed by atoms with Gasteiger partial charge in [0.1, 0.15) is 5.76 Å². The van der Waals surface area contributed by atoms with Gasteiger partial charge in [-0.3, -0.25) is 9.59 Å². The second kappa shape index (κ2) is 7.59. The molecule has 3 heterocycles. The molecule has 7 heteroatoms. The van der Waals surface area contributed by atoms with Crippen molar-refractivity contribution in [2.45, 2.75) is 19.5 Å². The number of benzene rings is 2. The number of hydrogen-bond acceptors (Lipinski definition) is 6. The maximum absolute atomic E-state index is 13.1. The number of ketones is 1. The van der Waals surface area contributed by atoms with Crippen LogP contribution in [0.2, 0.25) is 0 Å². The summed E-state index contributed by atoms with van der Waals surface area (Å²) in [7, 11) is 0. The van der Waals surface area contributed by atoms with Crippen LogP contribution in [0, 0.1) is 6.92 Å². The normalized spacial score (nSPS) is 19.3. The van der Waals surface area contributed by atoms with Gasteiger partial charge in [0.2, 0.25) is 6.79 Å². The average molecular weight is 433 g/mol. The van der Waals surface area contributed by atoms with Crippen LogP contribution >= 0.6 is 11.3 Å². The number of Topliss-reactive ketones (excluding diaryl/α,β-unsaturated/α-hetero) is 1. The largest absolute Gasteiger partial charge is 0.507 e. The van der Waals surface area contributed by atoms with Crippen LogP contribution < -0.4 is 9.47 Å². The second-order valence-corrected chi connectivity index (χ2v) is 8.46. The van der Waals surface area contributed by atoms with E-state index in [-0.39, 0.29) is 18.1 Å². The van der Waals surface area contributed by atoms with Crippen molar-refractivity contribution < 1.29 is 24.2 Å². The highest BCUT2D eigenvalue weighted by molar-refractivity contribution is 7.09. The number of nitrogens with zero attached hydrogens (tertiary/aromatic N) is 1. The van der Waals surface area contributed by atoms with E-state index in [9.17, 15) is 14.7 Å². The van der Waals surface area contributed by atoms with E-state index >= 15 is 0 Å². The lowest BCUT2D eigenvalue weighted by Gasteiger charge is -2.26. The predicted octanol–water partition coefficient (Wildman–Crippen LogP) is 4.41. The van der Waals surface area contributed by atoms with Crippen molar-refractivity contribution in [2.24, 2.45) is 0 Å². The topological polar surface area (TPSA) is 76.1 Å². The van der Waals surface area contributed by atoms with Crippen molar-refractivity contribution in [3.63, 3.8) is 0 Å². The van der Waals surface area contributed by atoms with E-state index in [0.717, 1.165) is 16.0 Å². The van der Waals surface area contributed by atoms with Crippen molar-refractivity contribution in [1.82, 2.24) is 4.90 Å². The Balaban J connectivity index is 1.66. The minimum Gasteiger partial charge on any atom is -0.507 e. The van der Waals surface area contributed by atoms with Crippen LogP contribution in [0.1, 0.15) is 27.6 Å². The molecule has 2 aliphatic rings. The zero-order valence-corrected chi connectivity index (χ0v) is 17.5. The van der Waals surface area contributed by atoms with Crippen LogP contribution in [0.25, 0.3) is 5.76 Å². The Kier molecular flexibility index (Phi) is 4.75. The average Bonchev–Trinajstić information content (AvgIpc) is 3.50. The number of thiophene rings is 1. The van der Waals surface area contributed by atoms with Gasteiger partial charge < -0.3 is 19.5 Å². The number of carbonyl (C=O) groups excluding carboxylic acids is 2. The molecule has 0 saturated carbocycles. The molecule has 1 atom stereocenters. The Hall–Kier alpha value is -3.58. The molecule has 5 rings (SSSR count). The lowest BCUT2D eigenvalue weighted by Crippen LogP contribution is -2.29. The number of fused-ring (bicyclic) bond motifs is 1. The summed E-state index contributed by atoms with van der Waals surface area (Å²) in [5.41, 5.74) is 2.22. The Morgan fingerprint density at radius 3 is 2.68 bits per heavy atom. The Bertz CT molecular complexity index is 1210. The molecule has 6 nitrogen and oxygen atoms in total. The third kappa shape index (κ3) is 3.27. The quantitative estimate of drug-likeness (QED) is 0.375. The smallest absolute Gasteiger partial charge is 0.295 e. The fourth-order valence-electron chi connectivity index (χ4n) is 4.03. The Morgan fingerprint density at radius 1 is 1.10 bits per heavy atom. The molecule has 1 fully saturated rings. The van der Waals surface area contributed by atoms with E-state index in [2.05, 4.69) is 0 Å². The molecule has 2 aliphatic heterocycles. The lowest BCUT2D eigenvalue weighted by atomic mass is 9.92. The molecule has 2 aromatic carbocycles. The molecule has 1 amide bonds. The number of amides is 1. The molecule has 1 aromatic heterocycles. The molecule has 3 aromatic rings. The number of carbonyl (C=O) groups is 2. The van der Waals surface area contributed by atoms with Gasteiger partial charge in [0, 0.05) is 10.4 Å². The van der Waals surface area contributed by atoms with Crippen molar-refractivity contribution in [1.29, 1.82) is 0 Å². The van der Waals surface area contributed by atoms with Crippen LogP contribution in [0.3, 0.4) is 0 Å². The van der Waals surface area contributed by atoms with Crippen molar-refractivity contribution in [2.75, 3.05) is 6.79 Å². The summed E-state index contributed by atoms with van der Waals surface area (Å²) in [6, 6.07) is 15.7. The molecular weight excluding hydrogens is 414 g/mol. The van der Waals surface area contributed by atoms with Gasteiger partial charge in [0.05, 0.1) is 18.2 Å². The standard InChI is InChI=1S/C24H19NO5S/c1-14-5-2-3-7-17(14)21-20(22(26)15-8-9-18-19(11-15)30-13-29-18)23(27)24(28)25(21)12-16-6-4-10-31-16/h2-11,21,26H,12-13H2,1H3/b22-20+. The molecule has 0 bridgehead atoms. The highest BCUT2D eigenvalue weighted by atomic mass is 32.1. The van der Waals surface area contributed by atoms with E-state index in [1.165, 1.54) is 16.2 Å². The summed E-state index contributed by atoms with van der Waals surface area (Å²) < 4.78 is 10.7. The third-order valence-electron chi connectivity index (χ3n) is 5.58. The van der Waals surface area contributed by atoms with Crippen LogP contribution in [-0.2, 0) is 16.1 Å². The van der Waals surface area contributed by atoms with Gasteiger partial charge in [-0.2, -0.15) is 0 Å². The van der Waals surface area contributed by atoms with Crippen LogP contribution in [0.5, 0.6) is 11.5 Å². The highest BCUT2D eigenvalue weighted by Crippen LogP contribution is 2.43. The molecule has 0 spiro atoms. The van der Waals surface area contributed by atoms with Gasteiger partial charge >= 0.3 is 0 Å². The summed E-state index contributed by atoms with van der Waals surface area (Å²) in [6.45, 7) is 2.33. The maximum atomic E-state index is 13.1. The molecule has 1 saturated heterocycles. The molecular formula is C24H19NO5S. The first-order valence-electron chi connectivity index (χ1n) is 9.81. The zero-order valence-electron chi connectivity index (χ0n) is 16.7. The Morgan fingerprint density at radius 2 is 1.90 bits per heavy atom. The van der Waals surface area contributed by atoms with Crippen LogP contribution in [-0.4, -0.2) is 28.5 Å². The third-order valence-corrected chi connectivity index (χ3v) is 6.44. The minimum atomic E-state index is -0.694. The summed E-state index contributed by atoms with van der Waals surface area (Å²) in [5.74, 6) is -0.475. The van der Waals surface area contributed by atoms with Gasteiger partial charge in [-0.25, -0.2) is 0 Å². The molecule has 156 valence electrons. The van der Waals surface area contributed by atoms with Gasteiger partial charge in [0.15, 0.2) is 11.5 Å². The van der Waals surface area contributed by atoms with Crippen molar-refractivity contribution in [3.8, 4) is 11.5 Å². The van der Waals surface area contributed by atoms with E-state index < -0.39 is 17.7 Å². The van der Waals surface area contributed by atoms with Crippen LogP contribution in [0.15, 0.2) is 65.6 Å². The van der Waals surface area contributed by atoms with E-state index in [0.29, 0.717) is 23.6 Å². The monoisotopic (exact) mass is 433 g/mol. The van der Waals surface area contributed by atoms with Crippen LogP contribution in [0.4, 0.5) is 0 Å². The molecule has 1 N–H and O–H groups in total. The highest BCUT2D eigenvalue weighted by Gasteiger charge is 2.46. The molecule has 0 radical (unpaired) electrons. The predicted molar refractivity (Wildman–Crippen MR) is 116 cm³/mol. The first-order valence-corrected chi connectivity index (χ1v) is 10.7. The number of likely N-dealkylation sites (tertiary alicyclic amines) is 1. The van der Waals surface area contributed by atoms with Gasteiger partial charge in [0.25, 0.3) is 11.7 Å². The first kappa shape index (κ1) is 19.4. The van der Waals surface area contributed by atoms with E-state index in [4.69, 9.17) is 9.47 Å². The number of aryl methyl sites for hydroxylation is 1. The molecule has 0 aliphatic carbocycles. The SMILES string of the molecule is Cc1ccccc1C1/C(=C(\O)c2ccc3c(c2)OCO3)C(=O)C(=O)N1Cc1cccs1. The molecule has 31 heavy (non-hydrogen) atoms. The molecule has 1 unspecified atom stereocenters. The van der Waals surface area contributed by atoms with Gasteiger partial charge in [-0.05, 0) is 47.7 Å². The fraction of sp³-hybridized carbons (Fsp3) is 0.167. The first-order chi connectivity index (χ1) is 15.0.